The van der Waals surface area contributed by atoms with Crippen molar-refractivity contribution in [3.8, 4) is 11.4 Å². The minimum Gasteiger partial charge on any atom is -0.460 e. The van der Waals surface area contributed by atoms with Gasteiger partial charge >= 0.3 is 5.97 Å². The third kappa shape index (κ3) is 7.02. The van der Waals surface area contributed by atoms with E-state index in [-0.39, 0.29) is 0 Å². The fourth-order valence-corrected chi connectivity index (χ4v) is 1.55. The Bertz CT molecular complexity index is 660. The Morgan fingerprint density at radius 2 is 2.00 bits per heavy atom. The zero-order valence-electron chi connectivity index (χ0n) is 14.2. The summed E-state index contributed by atoms with van der Waals surface area (Å²) >= 11 is 0. The van der Waals surface area contributed by atoms with Crippen molar-refractivity contribution in [3.05, 3.63) is 54.5 Å². The van der Waals surface area contributed by atoms with E-state index in [9.17, 15) is 4.79 Å². The molecule has 1 heterocycles. The monoisotopic (exact) mass is 330 g/mol. The Kier molecular flexibility index (Phi) is 8.78. The molecular formula is C18H22N2O4. The number of esters is 1. The molecule has 2 aromatic rings. The zero-order valence-corrected chi connectivity index (χ0v) is 14.2. The van der Waals surface area contributed by atoms with Gasteiger partial charge in [0.2, 0.25) is 5.82 Å². The summed E-state index contributed by atoms with van der Waals surface area (Å²) in [7, 11) is 1.54. The number of allylic oxidation sites excluding steroid dienone is 1. The van der Waals surface area contributed by atoms with Crippen LogP contribution in [0.15, 0.2) is 47.5 Å². The lowest BCUT2D eigenvalue weighted by atomic mass is 10.1. The molecule has 0 saturated heterocycles. The summed E-state index contributed by atoms with van der Waals surface area (Å²) in [6.45, 7) is 7.91. The molecule has 0 radical (unpaired) electrons. The summed E-state index contributed by atoms with van der Waals surface area (Å²) in [4.78, 5) is 14.5. The first-order valence-electron chi connectivity index (χ1n) is 7.42. The third-order valence-corrected chi connectivity index (χ3v) is 2.76. The Balaban J connectivity index is 0.000000277. The number of carbonyl (C=O) groups is 1. The van der Waals surface area contributed by atoms with Gasteiger partial charge < -0.3 is 14.0 Å². The molecule has 1 aromatic carbocycles. The van der Waals surface area contributed by atoms with E-state index in [4.69, 9.17) is 4.52 Å². The second kappa shape index (κ2) is 10.9. The van der Waals surface area contributed by atoms with Gasteiger partial charge in [-0.15, -0.1) is 0 Å². The molecule has 1 aromatic heterocycles. The Hall–Kier alpha value is -2.73. The normalized spacial score (nSPS) is 10.1. The lowest BCUT2D eigenvalue weighted by Crippen LogP contribution is -2.06. The number of hydrogen-bond donors (Lipinski definition) is 0. The van der Waals surface area contributed by atoms with Gasteiger partial charge in [0.15, 0.2) is 0 Å². The lowest BCUT2D eigenvalue weighted by Gasteiger charge is -1.98. The van der Waals surface area contributed by atoms with Crippen molar-refractivity contribution in [2.75, 3.05) is 20.3 Å². The van der Waals surface area contributed by atoms with Gasteiger partial charge in [-0.25, -0.2) is 4.79 Å². The van der Waals surface area contributed by atoms with Gasteiger partial charge in [-0.1, -0.05) is 47.6 Å². The Labute approximate surface area is 141 Å². The predicted octanol–water partition coefficient (Wildman–Crippen LogP) is 3.44. The van der Waals surface area contributed by atoms with E-state index in [0.717, 1.165) is 11.6 Å². The van der Waals surface area contributed by atoms with Gasteiger partial charge in [0.1, 0.15) is 6.61 Å². The molecule has 0 atom stereocenters. The fourth-order valence-electron chi connectivity index (χ4n) is 1.55. The molecule has 6 heteroatoms. The molecule has 0 saturated carbocycles. The molecule has 0 unspecified atom stereocenters. The van der Waals surface area contributed by atoms with E-state index in [2.05, 4.69) is 26.2 Å². The van der Waals surface area contributed by atoms with E-state index in [0.29, 0.717) is 24.9 Å². The SMILES string of the molecule is C/C=C/c1nc(-c2ccc(C)cc2)no1.C=CC(=O)OCCOC. The molecule has 0 aliphatic rings. The minimum absolute atomic E-state index is 0.293. The molecule has 2 rings (SSSR count). The number of hydrogen-bond acceptors (Lipinski definition) is 6. The van der Waals surface area contributed by atoms with Crippen molar-refractivity contribution in [3.63, 3.8) is 0 Å². The van der Waals surface area contributed by atoms with Crippen LogP contribution < -0.4 is 0 Å². The van der Waals surface area contributed by atoms with Gasteiger partial charge in [-0.05, 0) is 19.9 Å². The Morgan fingerprint density at radius 1 is 1.29 bits per heavy atom. The molecule has 0 aliphatic heterocycles. The molecule has 0 amide bonds. The first kappa shape index (κ1) is 19.3. The summed E-state index contributed by atoms with van der Waals surface area (Å²) in [6.07, 6.45) is 4.77. The van der Waals surface area contributed by atoms with Gasteiger partial charge in [0.05, 0.1) is 6.61 Å². The summed E-state index contributed by atoms with van der Waals surface area (Å²) in [5.41, 5.74) is 2.19. The molecule has 24 heavy (non-hydrogen) atoms. The number of rotatable bonds is 6. The van der Waals surface area contributed by atoms with Crippen LogP contribution in [0.25, 0.3) is 17.5 Å². The smallest absolute Gasteiger partial charge is 0.330 e. The summed E-state index contributed by atoms with van der Waals surface area (Å²) in [5.74, 6) is 0.753. The molecule has 0 N–H and O–H groups in total. The van der Waals surface area contributed by atoms with Gasteiger partial charge in [0.25, 0.3) is 5.89 Å². The summed E-state index contributed by atoms with van der Waals surface area (Å²) in [6, 6.07) is 8.03. The number of methoxy groups -OCH3 is 1. The highest BCUT2D eigenvalue weighted by atomic mass is 16.6. The van der Waals surface area contributed by atoms with Crippen molar-refractivity contribution in [1.82, 2.24) is 10.1 Å². The second-order valence-corrected chi connectivity index (χ2v) is 4.69. The van der Waals surface area contributed by atoms with Crippen molar-refractivity contribution in [2.45, 2.75) is 13.8 Å². The molecule has 6 nitrogen and oxygen atoms in total. The third-order valence-electron chi connectivity index (χ3n) is 2.76. The van der Waals surface area contributed by atoms with Crippen LogP contribution in [0.5, 0.6) is 0 Å². The van der Waals surface area contributed by atoms with E-state index >= 15 is 0 Å². The second-order valence-electron chi connectivity index (χ2n) is 4.69. The van der Waals surface area contributed by atoms with E-state index in [1.165, 1.54) is 5.56 Å². The number of carbonyl (C=O) groups excluding carboxylic acids is 1. The number of aromatic nitrogens is 2. The van der Waals surface area contributed by atoms with Gasteiger partial charge in [0, 0.05) is 18.7 Å². The molecular weight excluding hydrogens is 308 g/mol. The molecule has 0 bridgehead atoms. The number of aryl methyl sites for hydroxylation is 1. The largest absolute Gasteiger partial charge is 0.460 e. The number of benzene rings is 1. The van der Waals surface area contributed by atoms with Crippen LogP contribution in [0.4, 0.5) is 0 Å². The minimum atomic E-state index is -0.410. The van der Waals surface area contributed by atoms with Crippen LogP contribution in [-0.4, -0.2) is 36.4 Å². The van der Waals surface area contributed by atoms with Crippen LogP contribution in [0.2, 0.25) is 0 Å². The highest BCUT2D eigenvalue weighted by Gasteiger charge is 2.05. The van der Waals surface area contributed by atoms with Crippen molar-refractivity contribution in [2.24, 2.45) is 0 Å². The maximum Gasteiger partial charge on any atom is 0.330 e. The van der Waals surface area contributed by atoms with Crippen LogP contribution in [0, 0.1) is 6.92 Å². The number of nitrogens with zero attached hydrogens (tertiary/aromatic N) is 2. The van der Waals surface area contributed by atoms with E-state index < -0.39 is 5.97 Å². The molecule has 0 aliphatic carbocycles. The first-order chi connectivity index (χ1) is 11.6. The van der Waals surface area contributed by atoms with Crippen LogP contribution >= 0.6 is 0 Å². The summed E-state index contributed by atoms with van der Waals surface area (Å²) < 4.78 is 14.2. The van der Waals surface area contributed by atoms with Crippen LogP contribution in [-0.2, 0) is 14.3 Å². The highest BCUT2D eigenvalue weighted by molar-refractivity contribution is 5.81. The quantitative estimate of drug-likeness (QED) is 0.459. The van der Waals surface area contributed by atoms with E-state index in [1.54, 1.807) is 13.2 Å². The van der Waals surface area contributed by atoms with Gasteiger partial charge in [-0.2, -0.15) is 4.98 Å². The fraction of sp³-hybridized carbons (Fsp3) is 0.278. The standard InChI is InChI=1S/C12H12N2O.C6H10O3/c1-3-4-11-13-12(14-15-11)10-7-5-9(2)6-8-10;1-3-6(7)9-5-4-8-2/h3-8H,1-2H3;3H,1,4-5H2,2H3/b4-3+;. The molecule has 128 valence electrons. The Morgan fingerprint density at radius 3 is 2.58 bits per heavy atom. The topological polar surface area (TPSA) is 74.5 Å². The predicted molar refractivity (Wildman–Crippen MR) is 92.2 cm³/mol. The van der Waals surface area contributed by atoms with Crippen molar-refractivity contribution in [1.29, 1.82) is 0 Å². The molecule has 0 spiro atoms. The first-order valence-corrected chi connectivity index (χ1v) is 7.42. The van der Waals surface area contributed by atoms with Crippen molar-refractivity contribution >= 4 is 12.0 Å². The summed E-state index contributed by atoms with van der Waals surface area (Å²) in [5, 5.41) is 3.90. The van der Waals surface area contributed by atoms with Crippen LogP contribution in [0.3, 0.4) is 0 Å². The van der Waals surface area contributed by atoms with Gasteiger partial charge in [-0.3, -0.25) is 0 Å². The zero-order chi connectivity index (χ0) is 17.8. The van der Waals surface area contributed by atoms with E-state index in [1.807, 2.05) is 44.2 Å². The number of ether oxygens (including phenoxy) is 2. The van der Waals surface area contributed by atoms with Crippen molar-refractivity contribution < 1.29 is 18.8 Å². The average molecular weight is 330 g/mol. The lowest BCUT2D eigenvalue weighted by molar-refractivity contribution is -0.138. The highest BCUT2D eigenvalue weighted by Crippen LogP contribution is 2.16. The average Bonchev–Trinajstić information content (AvgIpc) is 3.05. The maximum absolute atomic E-state index is 10.3. The van der Waals surface area contributed by atoms with Crippen LogP contribution in [0.1, 0.15) is 18.4 Å². The maximum atomic E-state index is 10.3. The molecule has 0 fully saturated rings.